The molecule has 10 heteroatoms. The molecule has 1 saturated heterocycles. The second-order valence-corrected chi connectivity index (χ2v) is 10.6. The maximum atomic E-state index is 13.2. The third kappa shape index (κ3) is 9.50. The quantitative estimate of drug-likeness (QED) is 0.236. The number of carbonyl (C=O) groups excluding carboxylic acids is 2. The molecule has 0 radical (unpaired) electrons. The Kier molecular flexibility index (Phi) is 11.5. The van der Waals surface area contributed by atoms with Gasteiger partial charge in [-0.05, 0) is 42.6 Å². The van der Waals surface area contributed by atoms with Crippen LogP contribution in [0.1, 0.15) is 25.0 Å². The van der Waals surface area contributed by atoms with E-state index in [1.165, 1.54) is 12.8 Å². The standard InChI is InChI=1S/C29H44N6O4/c1-21(2)27(32-29(38)39-4)28(37)31-25(18-22-8-6-5-7-9-22)26(36)20-35(30)19-23-10-12-24(13-11-23)34-16-14-33(3)15-17-34/h5-13,21,25-27,36H,14-20,30H2,1-4H3,(H,31,37)(H,32,38)/t25-,26-,27-/m0/s1. The highest BCUT2D eigenvalue weighted by atomic mass is 16.5. The number of rotatable bonds is 12. The van der Waals surface area contributed by atoms with E-state index < -0.39 is 30.2 Å². The Labute approximate surface area is 232 Å². The molecule has 0 aromatic heterocycles. The Morgan fingerprint density at radius 2 is 1.64 bits per heavy atom. The normalized spacial score (nSPS) is 16.6. The van der Waals surface area contributed by atoms with Crippen LogP contribution in [0.4, 0.5) is 10.5 Å². The highest BCUT2D eigenvalue weighted by Gasteiger charge is 2.30. The van der Waals surface area contributed by atoms with Crippen LogP contribution in [0.3, 0.4) is 0 Å². The number of ether oxygens (including phenoxy) is 1. The SMILES string of the molecule is COC(=O)N[C@H](C(=O)N[C@@H](Cc1ccccc1)[C@@H](O)CN(N)Cc1ccc(N2CCN(C)CC2)cc1)C(C)C. The van der Waals surface area contributed by atoms with Crippen LogP contribution < -0.4 is 21.4 Å². The first-order valence-corrected chi connectivity index (χ1v) is 13.5. The number of nitrogens with two attached hydrogens (primary N) is 1. The number of aliphatic hydroxyl groups is 1. The lowest BCUT2D eigenvalue weighted by Crippen LogP contribution is -2.56. The number of hydrazine groups is 1. The number of likely N-dealkylation sites (N-methyl/N-ethyl adjacent to an activating group) is 1. The number of alkyl carbamates (subject to hydrolysis) is 1. The fraction of sp³-hybridized carbons (Fsp3) is 0.517. The molecule has 0 unspecified atom stereocenters. The van der Waals surface area contributed by atoms with Gasteiger partial charge in [0.2, 0.25) is 5.91 Å². The number of hydrogen-bond acceptors (Lipinski definition) is 8. The Morgan fingerprint density at radius 3 is 2.23 bits per heavy atom. The topological polar surface area (TPSA) is 123 Å². The van der Waals surface area contributed by atoms with Gasteiger partial charge in [-0.25, -0.2) is 9.80 Å². The molecule has 0 bridgehead atoms. The van der Waals surface area contributed by atoms with Crippen molar-refractivity contribution in [3.05, 3.63) is 65.7 Å². The van der Waals surface area contributed by atoms with Gasteiger partial charge in [0.15, 0.2) is 0 Å². The van der Waals surface area contributed by atoms with Gasteiger partial charge >= 0.3 is 6.09 Å². The molecule has 1 aliphatic rings. The van der Waals surface area contributed by atoms with Crippen molar-refractivity contribution in [3.63, 3.8) is 0 Å². The average molecular weight is 541 g/mol. The number of piperazine rings is 1. The maximum absolute atomic E-state index is 13.2. The summed E-state index contributed by atoms with van der Waals surface area (Å²) >= 11 is 0. The molecule has 1 heterocycles. The molecule has 0 saturated carbocycles. The highest BCUT2D eigenvalue weighted by Crippen LogP contribution is 2.18. The van der Waals surface area contributed by atoms with Gasteiger partial charge in [0.05, 0.1) is 19.3 Å². The van der Waals surface area contributed by atoms with Crippen molar-refractivity contribution < 1.29 is 19.4 Å². The molecule has 0 aliphatic carbocycles. The lowest BCUT2D eigenvalue weighted by molar-refractivity contribution is -0.125. The number of amides is 2. The van der Waals surface area contributed by atoms with Crippen molar-refractivity contribution in [1.82, 2.24) is 20.5 Å². The van der Waals surface area contributed by atoms with Gasteiger partial charge in [0.25, 0.3) is 0 Å². The molecule has 214 valence electrons. The van der Waals surface area contributed by atoms with Crippen LogP contribution in [0.25, 0.3) is 0 Å². The minimum Gasteiger partial charge on any atom is -0.453 e. The molecular formula is C29H44N6O4. The lowest BCUT2D eigenvalue weighted by atomic mass is 9.98. The van der Waals surface area contributed by atoms with E-state index in [9.17, 15) is 14.7 Å². The highest BCUT2D eigenvalue weighted by molar-refractivity contribution is 5.86. The van der Waals surface area contributed by atoms with Crippen LogP contribution in [-0.4, -0.2) is 92.1 Å². The summed E-state index contributed by atoms with van der Waals surface area (Å²) in [5.74, 6) is 5.76. The predicted molar refractivity (Wildman–Crippen MR) is 153 cm³/mol. The lowest BCUT2D eigenvalue weighted by Gasteiger charge is -2.34. The first kappa shape index (κ1) is 30.4. The maximum Gasteiger partial charge on any atom is 0.407 e. The summed E-state index contributed by atoms with van der Waals surface area (Å²) in [7, 11) is 3.39. The van der Waals surface area contributed by atoms with E-state index in [0.717, 1.165) is 37.3 Å². The summed E-state index contributed by atoms with van der Waals surface area (Å²) in [6.07, 6.45) is -1.23. The first-order chi connectivity index (χ1) is 18.7. The van der Waals surface area contributed by atoms with Crippen molar-refractivity contribution in [2.75, 3.05) is 51.8 Å². The van der Waals surface area contributed by atoms with E-state index in [2.05, 4.69) is 56.5 Å². The Morgan fingerprint density at radius 1 is 1.00 bits per heavy atom. The molecule has 2 aromatic carbocycles. The summed E-state index contributed by atoms with van der Waals surface area (Å²) in [5.41, 5.74) is 3.20. The van der Waals surface area contributed by atoms with Crippen molar-refractivity contribution >= 4 is 17.7 Å². The van der Waals surface area contributed by atoms with Crippen molar-refractivity contribution in [2.45, 2.75) is 45.0 Å². The Bertz CT molecular complexity index is 1030. The van der Waals surface area contributed by atoms with Gasteiger partial charge in [0, 0.05) is 45.0 Å². The van der Waals surface area contributed by atoms with E-state index in [-0.39, 0.29) is 12.5 Å². The van der Waals surface area contributed by atoms with Gasteiger partial charge in [0.1, 0.15) is 6.04 Å². The number of methoxy groups -OCH3 is 1. The van der Waals surface area contributed by atoms with E-state index >= 15 is 0 Å². The number of hydrogen-bond donors (Lipinski definition) is 4. The number of nitrogens with zero attached hydrogens (tertiary/aromatic N) is 3. The summed E-state index contributed by atoms with van der Waals surface area (Å²) in [6, 6.07) is 16.6. The van der Waals surface area contributed by atoms with Crippen molar-refractivity contribution in [1.29, 1.82) is 0 Å². The van der Waals surface area contributed by atoms with Crippen molar-refractivity contribution in [2.24, 2.45) is 11.8 Å². The van der Waals surface area contributed by atoms with Gasteiger partial charge in [-0.3, -0.25) is 10.6 Å². The van der Waals surface area contributed by atoms with E-state index in [4.69, 9.17) is 5.84 Å². The average Bonchev–Trinajstić information content (AvgIpc) is 2.92. The number of aliphatic hydroxyl groups excluding tert-OH is 1. The van der Waals surface area contributed by atoms with Crippen LogP contribution in [-0.2, 0) is 22.5 Å². The Hall–Kier alpha value is -3.18. The monoisotopic (exact) mass is 540 g/mol. The molecule has 1 aliphatic heterocycles. The summed E-state index contributed by atoms with van der Waals surface area (Å²) < 4.78 is 4.68. The third-order valence-electron chi connectivity index (χ3n) is 7.11. The fourth-order valence-corrected chi connectivity index (χ4v) is 4.69. The number of benzene rings is 2. The van der Waals surface area contributed by atoms with Gasteiger partial charge in [-0.2, -0.15) is 0 Å². The molecule has 1 fully saturated rings. The minimum atomic E-state index is -0.949. The van der Waals surface area contributed by atoms with Crippen molar-refractivity contribution in [3.8, 4) is 0 Å². The van der Waals surface area contributed by atoms with Crippen LogP contribution in [0.15, 0.2) is 54.6 Å². The van der Waals surface area contributed by atoms with Gasteiger partial charge in [-0.1, -0.05) is 56.3 Å². The molecule has 3 atom stereocenters. The van der Waals surface area contributed by atoms with Crippen LogP contribution in [0.5, 0.6) is 0 Å². The second-order valence-electron chi connectivity index (χ2n) is 10.6. The zero-order valence-electron chi connectivity index (χ0n) is 23.5. The Balaban J connectivity index is 1.63. The summed E-state index contributed by atoms with van der Waals surface area (Å²) in [5, 5.41) is 18.3. The zero-order valence-corrected chi connectivity index (χ0v) is 23.5. The van der Waals surface area contributed by atoms with Gasteiger partial charge < -0.3 is 30.3 Å². The number of nitrogens with one attached hydrogen (secondary N) is 2. The first-order valence-electron chi connectivity index (χ1n) is 13.5. The van der Waals surface area contributed by atoms with E-state index in [1.54, 1.807) is 5.01 Å². The summed E-state index contributed by atoms with van der Waals surface area (Å²) in [4.78, 5) is 29.7. The number of anilines is 1. The summed E-state index contributed by atoms with van der Waals surface area (Å²) in [6.45, 7) is 8.37. The molecule has 5 N–H and O–H groups in total. The third-order valence-corrected chi connectivity index (χ3v) is 7.11. The molecule has 2 amide bonds. The molecular weight excluding hydrogens is 496 g/mol. The molecule has 39 heavy (non-hydrogen) atoms. The van der Waals surface area contributed by atoms with E-state index in [1.807, 2.05) is 44.2 Å². The van der Waals surface area contributed by atoms with Crippen LogP contribution in [0, 0.1) is 5.92 Å². The minimum absolute atomic E-state index is 0.148. The zero-order chi connectivity index (χ0) is 28.4. The van der Waals surface area contributed by atoms with E-state index in [0.29, 0.717) is 13.0 Å². The molecule has 0 spiro atoms. The number of carbonyl (C=O) groups is 2. The van der Waals surface area contributed by atoms with Crippen LogP contribution >= 0.6 is 0 Å². The fourth-order valence-electron chi connectivity index (χ4n) is 4.69. The smallest absolute Gasteiger partial charge is 0.407 e. The second kappa shape index (κ2) is 14.8. The van der Waals surface area contributed by atoms with Crippen LogP contribution in [0.2, 0.25) is 0 Å². The molecule has 2 aromatic rings. The molecule has 10 nitrogen and oxygen atoms in total. The van der Waals surface area contributed by atoms with Gasteiger partial charge in [-0.15, -0.1) is 0 Å². The molecule has 3 rings (SSSR count). The largest absolute Gasteiger partial charge is 0.453 e. The predicted octanol–water partition coefficient (Wildman–Crippen LogP) is 1.58.